The van der Waals surface area contributed by atoms with Crippen molar-refractivity contribution in [2.24, 2.45) is 0 Å². The van der Waals surface area contributed by atoms with Gasteiger partial charge in [-0.1, -0.05) is 35.9 Å². The van der Waals surface area contributed by atoms with Gasteiger partial charge in [-0.15, -0.1) is 0 Å². The van der Waals surface area contributed by atoms with Crippen molar-refractivity contribution in [1.29, 1.82) is 0 Å². The maximum Gasteiger partial charge on any atom is 0.289 e. The smallest absolute Gasteiger partial charge is 0.289 e. The largest absolute Gasteiger partial charge is 0.314 e. The van der Waals surface area contributed by atoms with E-state index in [1.54, 1.807) is 0 Å². The van der Waals surface area contributed by atoms with E-state index < -0.39 is 6.64 Å². The average Bonchev–Trinajstić information content (AvgIpc) is 2.39. The van der Waals surface area contributed by atoms with Gasteiger partial charge in [0.1, 0.15) is 0 Å². The molecule has 0 aliphatic carbocycles. The minimum Gasteiger partial charge on any atom is -0.314 e. The number of allylic oxidation sites excluding steroid dienone is 1. The Labute approximate surface area is 127 Å². The molecule has 20 heavy (non-hydrogen) atoms. The lowest BCUT2D eigenvalue weighted by molar-refractivity contribution is 0.230. The molecule has 0 radical (unpaired) electrons. The van der Waals surface area contributed by atoms with Crippen LogP contribution in [0.2, 0.25) is 0 Å². The van der Waals surface area contributed by atoms with E-state index in [0.29, 0.717) is 19.8 Å². The molecule has 0 aliphatic heterocycles. The fourth-order valence-corrected chi connectivity index (χ4v) is 4.46. The summed E-state index contributed by atoms with van der Waals surface area (Å²) in [7, 11) is 0. The normalized spacial score (nSPS) is 11.2. The first kappa shape index (κ1) is 17.4. The van der Waals surface area contributed by atoms with E-state index in [9.17, 15) is 0 Å². The Morgan fingerprint density at radius 3 is 2.15 bits per heavy atom. The summed E-state index contributed by atoms with van der Waals surface area (Å²) >= 11 is 5.69. The Kier molecular flexibility index (Phi) is 7.46. The summed E-state index contributed by atoms with van der Waals surface area (Å²) in [4.78, 5) is 0. The van der Waals surface area contributed by atoms with Crippen LogP contribution >= 0.6 is 6.64 Å². The molecule has 0 aromatic heterocycles. The second-order valence-electron chi connectivity index (χ2n) is 4.59. The fourth-order valence-electron chi connectivity index (χ4n) is 1.78. The highest BCUT2D eigenvalue weighted by Crippen LogP contribution is 2.53. The van der Waals surface area contributed by atoms with Crippen LogP contribution < -0.4 is 0 Å². The quantitative estimate of drug-likeness (QED) is 0.648. The molecule has 0 fully saturated rings. The maximum atomic E-state index is 5.79. The third-order valence-corrected chi connectivity index (χ3v) is 5.81. The number of hydrogen-bond donors (Lipinski definition) is 0. The van der Waals surface area contributed by atoms with Gasteiger partial charge >= 0.3 is 0 Å². The minimum absolute atomic E-state index is 0.555. The summed E-state index contributed by atoms with van der Waals surface area (Å²) in [5, 5.41) is 0. The Bertz CT molecular complexity index is 462. The van der Waals surface area contributed by atoms with Crippen molar-refractivity contribution < 1.29 is 9.05 Å². The molecule has 1 aromatic rings. The van der Waals surface area contributed by atoms with E-state index in [1.807, 2.05) is 42.9 Å². The van der Waals surface area contributed by atoms with Gasteiger partial charge in [-0.05, 0) is 45.1 Å². The molecular weight excluding hydrogens is 289 g/mol. The SMILES string of the molecule is CCOP(=S)(OCC)N(C=C(C)C)Cc1ccccc1. The highest BCUT2D eigenvalue weighted by Gasteiger charge is 2.25. The van der Waals surface area contributed by atoms with Crippen LogP contribution in [0.25, 0.3) is 0 Å². The van der Waals surface area contributed by atoms with E-state index in [0.717, 1.165) is 0 Å². The van der Waals surface area contributed by atoms with Gasteiger partial charge < -0.3 is 13.7 Å². The van der Waals surface area contributed by atoms with E-state index in [1.165, 1.54) is 11.1 Å². The Hall–Kier alpha value is -0.670. The lowest BCUT2D eigenvalue weighted by Crippen LogP contribution is -2.18. The van der Waals surface area contributed by atoms with Crippen molar-refractivity contribution >= 4 is 18.4 Å². The monoisotopic (exact) mass is 313 g/mol. The van der Waals surface area contributed by atoms with Gasteiger partial charge in [0.05, 0.1) is 19.8 Å². The zero-order chi connectivity index (χ0) is 15.0. The van der Waals surface area contributed by atoms with Crippen LogP contribution in [0, 0.1) is 0 Å². The van der Waals surface area contributed by atoms with E-state index in [2.05, 4.69) is 26.0 Å². The van der Waals surface area contributed by atoms with Crippen molar-refractivity contribution in [3.63, 3.8) is 0 Å². The summed E-state index contributed by atoms with van der Waals surface area (Å²) in [6.07, 6.45) is 2.04. The lowest BCUT2D eigenvalue weighted by atomic mass is 10.2. The van der Waals surface area contributed by atoms with Crippen LogP contribution in [0.15, 0.2) is 42.1 Å². The summed E-state index contributed by atoms with van der Waals surface area (Å²) in [5.74, 6) is 0. The molecule has 0 atom stereocenters. The van der Waals surface area contributed by atoms with Crippen LogP contribution in [0.5, 0.6) is 0 Å². The van der Waals surface area contributed by atoms with Gasteiger partial charge in [-0.2, -0.15) is 0 Å². The second-order valence-corrected chi connectivity index (χ2v) is 7.95. The maximum absolute atomic E-state index is 5.79. The molecule has 0 spiro atoms. The van der Waals surface area contributed by atoms with Gasteiger partial charge in [0.2, 0.25) is 0 Å². The van der Waals surface area contributed by atoms with E-state index in [4.69, 9.17) is 20.9 Å². The highest BCUT2D eigenvalue weighted by molar-refractivity contribution is 8.08. The van der Waals surface area contributed by atoms with Crippen molar-refractivity contribution in [2.45, 2.75) is 34.2 Å². The zero-order valence-electron chi connectivity index (χ0n) is 12.7. The molecule has 0 aliphatic rings. The Morgan fingerprint density at radius 1 is 1.15 bits per heavy atom. The first-order valence-corrected chi connectivity index (χ1v) is 9.46. The molecule has 0 saturated carbocycles. The molecule has 3 nitrogen and oxygen atoms in total. The van der Waals surface area contributed by atoms with Crippen LogP contribution in [-0.4, -0.2) is 17.9 Å². The van der Waals surface area contributed by atoms with Crippen molar-refractivity contribution in [1.82, 2.24) is 4.67 Å². The molecule has 0 saturated heterocycles. The summed E-state index contributed by atoms with van der Waals surface area (Å²) < 4.78 is 13.6. The third-order valence-electron chi connectivity index (χ3n) is 2.49. The molecule has 5 heteroatoms. The summed E-state index contributed by atoms with van der Waals surface area (Å²) in [5.41, 5.74) is 2.37. The minimum atomic E-state index is -2.46. The number of nitrogens with zero attached hydrogens (tertiary/aromatic N) is 1. The Morgan fingerprint density at radius 2 is 1.70 bits per heavy atom. The first-order valence-electron chi connectivity index (χ1n) is 6.87. The standard InChI is InChI=1S/C15H24NO2PS/c1-5-17-19(20,18-6-2)16(12-14(3)4)13-15-10-8-7-9-11-15/h7-12H,5-6,13H2,1-4H3. The van der Waals surface area contributed by atoms with Gasteiger partial charge in [0, 0.05) is 6.20 Å². The van der Waals surface area contributed by atoms with E-state index >= 15 is 0 Å². The third kappa shape index (κ3) is 5.37. The fraction of sp³-hybridized carbons (Fsp3) is 0.467. The second kappa shape index (κ2) is 8.58. The molecule has 1 rings (SSSR count). The average molecular weight is 313 g/mol. The van der Waals surface area contributed by atoms with Gasteiger partial charge in [0.15, 0.2) is 0 Å². The predicted molar refractivity (Wildman–Crippen MR) is 89.0 cm³/mol. The van der Waals surface area contributed by atoms with Crippen molar-refractivity contribution in [3.05, 3.63) is 47.7 Å². The topological polar surface area (TPSA) is 21.7 Å². The van der Waals surface area contributed by atoms with Crippen LogP contribution in [-0.2, 0) is 27.4 Å². The number of benzene rings is 1. The molecule has 0 unspecified atom stereocenters. The molecule has 1 aromatic carbocycles. The van der Waals surface area contributed by atoms with Gasteiger partial charge in [-0.3, -0.25) is 0 Å². The van der Waals surface area contributed by atoms with E-state index in [-0.39, 0.29) is 0 Å². The van der Waals surface area contributed by atoms with Crippen LogP contribution in [0.3, 0.4) is 0 Å². The molecule has 0 heterocycles. The number of rotatable bonds is 8. The molecule has 112 valence electrons. The van der Waals surface area contributed by atoms with Crippen LogP contribution in [0.1, 0.15) is 33.3 Å². The predicted octanol–water partition coefficient (Wildman–Crippen LogP) is 4.71. The Balaban J connectivity index is 3.04. The van der Waals surface area contributed by atoms with Gasteiger partial charge in [0.25, 0.3) is 6.64 Å². The number of hydrogen-bond acceptors (Lipinski definition) is 3. The zero-order valence-corrected chi connectivity index (χ0v) is 14.4. The molecule has 0 bridgehead atoms. The summed E-state index contributed by atoms with van der Waals surface area (Å²) in [6, 6.07) is 10.2. The highest BCUT2D eigenvalue weighted by atomic mass is 32.5. The molecular formula is C15H24NO2PS. The molecule has 0 N–H and O–H groups in total. The molecule has 0 amide bonds. The van der Waals surface area contributed by atoms with Crippen LogP contribution in [0.4, 0.5) is 0 Å². The lowest BCUT2D eigenvalue weighted by Gasteiger charge is -2.32. The van der Waals surface area contributed by atoms with Crippen molar-refractivity contribution in [2.75, 3.05) is 13.2 Å². The summed E-state index contributed by atoms with van der Waals surface area (Å²) in [6.45, 7) is 7.35. The van der Waals surface area contributed by atoms with Crippen molar-refractivity contribution in [3.8, 4) is 0 Å². The van der Waals surface area contributed by atoms with Gasteiger partial charge in [-0.25, -0.2) is 0 Å². The first-order chi connectivity index (χ1) is 9.51.